The number of hydrogen-bond donors (Lipinski definition) is 0. The fourth-order valence-corrected chi connectivity index (χ4v) is 1.27. The maximum Gasteiger partial charge on any atom is 0.178 e. The molecule has 0 N–H and O–H groups in total. The zero-order chi connectivity index (χ0) is 9.52. The summed E-state index contributed by atoms with van der Waals surface area (Å²) in [5, 5.41) is 5.52. The van der Waals surface area contributed by atoms with E-state index in [-0.39, 0.29) is 0 Å². The van der Waals surface area contributed by atoms with Crippen molar-refractivity contribution in [2.24, 2.45) is 5.11 Å². The average Bonchev–Trinajstić information content (AvgIpc) is 2.60. The molecule has 0 aliphatic rings. The van der Waals surface area contributed by atoms with E-state index in [1.165, 1.54) is 11.3 Å². The fourth-order valence-electron chi connectivity index (χ4n) is 0.688. The van der Waals surface area contributed by atoms with Gasteiger partial charge in [0, 0.05) is 16.8 Å². The minimum absolute atomic E-state index is 0.296. The van der Waals surface area contributed by atoms with Crippen molar-refractivity contribution in [3.8, 4) is 0 Å². The molecule has 0 radical (unpaired) electrons. The Morgan fingerprint density at radius 3 is 3.23 bits per heavy atom. The van der Waals surface area contributed by atoms with E-state index < -0.39 is 0 Å². The molecule has 0 amide bonds. The first-order valence-electron chi connectivity index (χ1n) is 3.45. The third kappa shape index (κ3) is 3.06. The SMILES string of the molecule is [N-]=[N+]=NCC=Cc1csc(C=O)n1. The summed E-state index contributed by atoms with van der Waals surface area (Å²) in [4.78, 5) is 16.8. The highest BCUT2D eigenvalue weighted by Gasteiger charge is 1.95. The van der Waals surface area contributed by atoms with Gasteiger partial charge in [-0.1, -0.05) is 11.2 Å². The van der Waals surface area contributed by atoms with Gasteiger partial charge in [-0.3, -0.25) is 4.79 Å². The zero-order valence-electron chi connectivity index (χ0n) is 6.62. The van der Waals surface area contributed by atoms with Crippen molar-refractivity contribution >= 4 is 23.7 Å². The molecular weight excluding hydrogens is 188 g/mol. The van der Waals surface area contributed by atoms with Crippen molar-refractivity contribution in [1.29, 1.82) is 0 Å². The van der Waals surface area contributed by atoms with Crippen molar-refractivity contribution in [3.63, 3.8) is 0 Å². The van der Waals surface area contributed by atoms with Gasteiger partial charge < -0.3 is 0 Å². The Morgan fingerprint density at radius 1 is 1.77 bits per heavy atom. The molecule has 0 aromatic carbocycles. The number of azide groups is 1. The van der Waals surface area contributed by atoms with Gasteiger partial charge in [0.1, 0.15) is 0 Å². The van der Waals surface area contributed by atoms with Crippen molar-refractivity contribution in [2.75, 3.05) is 6.54 Å². The molecule has 1 aromatic rings. The van der Waals surface area contributed by atoms with E-state index in [0.29, 0.717) is 23.5 Å². The van der Waals surface area contributed by atoms with Crippen LogP contribution in [-0.2, 0) is 0 Å². The first kappa shape index (κ1) is 9.44. The summed E-state index contributed by atoms with van der Waals surface area (Å²) < 4.78 is 0. The lowest BCUT2D eigenvalue weighted by molar-refractivity contribution is 0.112. The van der Waals surface area contributed by atoms with Gasteiger partial charge in [-0.25, -0.2) is 4.98 Å². The number of aromatic nitrogens is 1. The van der Waals surface area contributed by atoms with E-state index in [1.807, 2.05) is 0 Å². The Hall–Kier alpha value is -1.65. The number of carbonyl (C=O) groups excluding carboxylic acids is 1. The predicted molar refractivity (Wildman–Crippen MR) is 50.5 cm³/mol. The summed E-state index contributed by atoms with van der Waals surface area (Å²) in [6.45, 7) is 0.296. The number of nitrogens with zero attached hydrogens (tertiary/aromatic N) is 4. The first-order chi connectivity index (χ1) is 6.36. The lowest BCUT2D eigenvalue weighted by Gasteiger charge is -1.79. The standard InChI is InChI=1S/C7H6N4OS/c8-11-9-3-1-2-6-5-13-7(4-12)10-6/h1-2,4-5H,3H2. The summed E-state index contributed by atoms with van der Waals surface area (Å²) in [5.41, 5.74) is 8.68. The zero-order valence-corrected chi connectivity index (χ0v) is 7.44. The summed E-state index contributed by atoms with van der Waals surface area (Å²) in [6, 6.07) is 0. The van der Waals surface area contributed by atoms with Crippen LogP contribution in [0.2, 0.25) is 0 Å². The number of rotatable bonds is 4. The van der Waals surface area contributed by atoms with Crippen LogP contribution in [0.15, 0.2) is 16.6 Å². The average molecular weight is 194 g/mol. The molecule has 0 saturated carbocycles. The Labute approximate surface area is 78.4 Å². The number of hydrogen-bond acceptors (Lipinski definition) is 4. The maximum absolute atomic E-state index is 10.3. The number of aldehydes is 1. The maximum atomic E-state index is 10.3. The largest absolute Gasteiger partial charge is 0.295 e. The number of carbonyl (C=O) groups is 1. The Morgan fingerprint density at radius 2 is 2.62 bits per heavy atom. The van der Waals surface area contributed by atoms with E-state index >= 15 is 0 Å². The first-order valence-corrected chi connectivity index (χ1v) is 4.33. The second-order valence-corrected chi connectivity index (χ2v) is 2.93. The van der Waals surface area contributed by atoms with Crippen molar-refractivity contribution in [1.82, 2.24) is 4.98 Å². The highest BCUT2D eigenvalue weighted by atomic mass is 32.1. The van der Waals surface area contributed by atoms with Gasteiger partial charge >= 0.3 is 0 Å². The second kappa shape index (κ2) is 5.08. The normalized spacial score (nSPS) is 9.85. The molecule has 1 heterocycles. The van der Waals surface area contributed by atoms with Gasteiger partial charge in [0.15, 0.2) is 11.3 Å². The van der Waals surface area contributed by atoms with Crippen LogP contribution in [-0.4, -0.2) is 17.8 Å². The van der Waals surface area contributed by atoms with Gasteiger partial charge in [-0.05, 0) is 11.6 Å². The highest BCUT2D eigenvalue weighted by molar-refractivity contribution is 7.11. The molecule has 6 heteroatoms. The Bertz CT molecular complexity index is 364. The van der Waals surface area contributed by atoms with E-state index in [1.54, 1.807) is 17.5 Å². The molecule has 0 spiro atoms. The van der Waals surface area contributed by atoms with Gasteiger partial charge in [-0.2, -0.15) is 0 Å². The molecule has 0 unspecified atom stereocenters. The molecule has 0 bridgehead atoms. The smallest absolute Gasteiger partial charge is 0.178 e. The molecule has 0 saturated heterocycles. The van der Waals surface area contributed by atoms with Crippen LogP contribution in [0.3, 0.4) is 0 Å². The molecule has 1 rings (SSSR count). The van der Waals surface area contributed by atoms with Crippen LogP contribution in [0, 0.1) is 0 Å². The molecular formula is C7H6N4OS. The Kier molecular flexibility index (Phi) is 3.69. The monoisotopic (exact) mass is 194 g/mol. The molecule has 5 nitrogen and oxygen atoms in total. The minimum atomic E-state index is 0.296. The van der Waals surface area contributed by atoms with Crippen molar-refractivity contribution in [2.45, 2.75) is 0 Å². The summed E-state index contributed by atoms with van der Waals surface area (Å²) >= 11 is 1.28. The highest BCUT2D eigenvalue weighted by Crippen LogP contribution is 2.08. The molecule has 0 aliphatic heterocycles. The van der Waals surface area contributed by atoms with Gasteiger partial charge in [0.05, 0.1) is 5.69 Å². The molecule has 0 fully saturated rings. The van der Waals surface area contributed by atoms with Crippen LogP contribution >= 0.6 is 11.3 Å². The summed E-state index contributed by atoms with van der Waals surface area (Å²) in [5.74, 6) is 0. The molecule has 0 aliphatic carbocycles. The van der Waals surface area contributed by atoms with Crippen LogP contribution in [0.4, 0.5) is 0 Å². The predicted octanol–water partition coefficient (Wildman–Crippen LogP) is 2.28. The van der Waals surface area contributed by atoms with Gasteiger partial charge in [-0.15, -0.1) is 11.3 Å². The third-order valence-electron chi connectivity index (χ3n) is 1.18. The third-order valence-corrected chi connectivity index (χ3v) is 1.97. The van der Waals surface area contributed by atoms with Crippen LogP contribution in [0.1, 0.15) is 15.5 Å². The van der Waals surface area contributed by atoms with Crippen molar-refractivity contribution in [3.05, 3.63) is 32.6 Å². The van der Waals surface area contributed by atoms with Gasteiger partial charge in [0.2, 0.25) is 0 Å². The van der Waals surface area contributed by atoms with E-state index in [2.05, 4.69) is 15.0 Å². The van der Waals surface area contributed by atoms with Crippen LogP contribution in [0.5, 0.6) is 0 Å². The fraction of sp³-hybridized carbons (Fsp3) is 0.143. The van der Waals surface area contributed by atoms with E-state index in [0.717, 1.165) is 0 Å². The molecule has 13 heavy (non-hydrogen) atoms. The van der Waals surface area contributed by atoms with E-state index in [9.17, 15) is 4.79 Å². The second-order valence-electron chi connectivity index (χ2n) is 2.04. The Balaban J connectivity index is 2.57. The molecule has 66 valence electrons. The topological polar surface area (TPSA) is 78.7 Å². The molecule has 0 atom stereocenters. The lowest BCUT2D eigenvalue weighted by Crippen LogP contribution is -1.77. The summed E-state index contributed by atoms with van der Waals surface area (Å²) in [6.07, 6.45) is 4.09. The van der Waals surface area contributed by atoms with Gasteiger partial charge in [0.25, 0.3) is 0 Å². The minimum Gasteiger partial charge on any atom is -0.295 e. The number of thiazole rings is 1. The van der Waals surface area contributed by atoms with Crippen molar-refractivity contribution < 1.29 is 4.79 Å². The quantitative estimate of drug-likeness (QED) is 0.319. The van der Waals surface area contributed by atoms with Crippen LogP contribution < -0.4 is 0 Å². The van der Waals surface area contributed by atoms with E-state index in [4.69, 9.17) is 5.53 Å². The molecule has 1 aromatic heterocycles. The van der Waals surface area contributed by atoms with Crippen LogP contribution in [0.25, 0.3) is 16.5 Å². The summed E-state index contributed by atoms with van der Waals surface area (Å²) in [7, 11) is 0. The lowest BCUT2D eigenvalue weighted by atomic mass is 10.4.